The topological polar surface area (TPSA) is 121 Å². The first-order valence-electron chi connectivity index (χ1n) is 16.2. The van der Waals surface area contributed by atoms with Crippen LogP contribution in [0.2, 0.25) is 0 Å². The number of fused-ring (bicyclic) bond motifs is 1. The molecule has 1 aliphatic heterocycles. The summed E-state index contributed by atoms with van der Waals surface area (Å²) in [5.41, 5.74) is 4.11. The molecule has 12 heteroatoms. The molecule has 1 aliphatic carbocycles. The first-order chi connectivity index (χ1) is 23.4. The monoisotopic (exact) mass is 665 g/mol. The summed E-state index contributed by atoms with van der Waals surface area (Å²) in [5, 5.41) is 8.68. The lowest BCUT2D eigenvalue weighted by Gasteiger charge is -2.32. The Morgan fingerprint density at radius 3 is 2.50 bits per heavy atom. The van der Waals surface area contributed by atoms with Gasteiger partial charge in [-0.3, -0.25) is 24.6 Å². The highest BCUT2D eigenvalue weighted by atomic mass is 32.1. The van der Waals surface area contributed by atoms with E-state index in [0.29, 0.717) is 24.3 Å². The highest BCUT2D eigenvalue weighted by Crippen LogP contribution is 2.39. The molecule has 0 radical (unpaired) electrons. The zero-order valence-electron chi connectivity index (χ0n) is 26.3. The number of carbonyl (C=O) groups is 2. The number of carbonyl (C=O) groups excluding carboxylic acids is 2. The molecule has 0 bridgehead atoms. The number of piperidine rings is 1. The van der Waals surface area contributed by atoms with E-state index >= 15 is 0 Å². The molecule has 246 valence electrons. The van der Waals surface area contributed by atoms with Gasteiger partial charge in [-0.1, -0.05) is 12.1 Å². The van der Waals surface area contributed by atoms with Crippen LogP contribution < -0.4 is 20.7 Å². The number of aromatic nitrogens is 3. The SMILES string of the molecule is O=C(CCc1cccnc1)NC1CCN(Cc2ccc(-c3cc4nccc(Oc5ccc(NC(=O)NC6CC6)cc5F)c4s3)nc2)CC1. The Labute approximate surface area is 281 Å². The fourth-order valence-corrected chi connectivity index (χ4v) is 6.78. The van der Waals surface area contributed by atoms with Crippen LogP contribution in [-0.4, -0.2) is 57.0 Å². The third kappa shape index (κ3) is 8.12. The number of aryl methyl sites for hydroxylation is 1. The number of likely N-dealkylation sites (tertiary alicyclic amines) is 1. The van der Waals surface area contributed by atoms with Gasteiger partial charge in [0.25, 0.3) is 0 Å². The van der Waals surface area contributed by atoms with Crippen LogP contribution in [0.4, 0.5) is 14.9 Å². The predicted molar refractivity (Wildman–Crippen MR) is 184 cm³/mol. The first kappa shape index (κ1) is 31.6. The van der Waals surface area contributed by atoms with E-state index < -0.39 is 5.82 Å². The molecule has 0 atom stereocenters. The number of thiophene rings is 1. The van der Waals surface area contributed by atoms with E-state index in [9.17, 15) is 14.0 Å². The zero-order valence-corrected chi connectivity index (χ0v) is 27.1. The van der Waals surface area contributed by atoms with Crippen LogP contribution in [0.25, 0.3) is 20.8 Å². The van der Waals surface area contributed by atoms with Crippen molar-refractivity contribution in [3.63, 3.8) is 0 Å². The van der Waals surface area contributed by atoms with Crippen LogP contribution in [0.15, 0.2) is 79.4 Å². The van der Waals surface area contributed by atoms with Gasteiger partial charge >= 0.3 is 6.03 Å². The number of nitrogens with zero attached hydrogens (tertiary/aromatic N) is 4. The number of urea groups is 1. The van der Waals surface area contributed by atoms with Gasteiger partial charge in [0.1, 0.15) is 5.75 Å². The molecule has 1 saturated heterocycles. The number of ether oxygens (including phenoxy) is 1. The summed E-state index contributed by atoms with van der Waals surface area (Å²) >= 11 is 1.49. The van der Waals surface area contributed by atoms with Crippen LogP contribution in [0.5, 0.6) is 11.5 Å². The fraction of sp³-hybridized carbons (Fsp3) is 0.306. The average molecular weight is 666 g/mol. The zero-order chi connectivity index (χ0) is 32.9. The number of hydrogen-bond donors (Lipinski definition) is 3. The Kier molecular flexibility index (Phi) is 9.53. The van der Waals surface area contributed by atoms with Crippen molar-refractivity contribution in [3.8, 4) is 22.1 Å². The van der Waals surface area contributed by atoms with E-state index in [4.69, 9.17) is 9.72 Å². The van der Waals surface area contributed by atoms with E-state index in [-0.39, 0.29) is 29.8 Å². The van der Waals surface area contributed by atoms with Gasteiger partial charge in [-0.05, 0) is 73.6 Å². The summed E-state index contributed by atoms with van der Waals surface area (Å²) in [5.74, 6) is 0.0632. The van der Waals surface area contributed by atoms with Gasteiger partial charge in [0.2, 0.25) is 5.91 Å². The molecule has 2 fully saturated rings. The minimum absolute atomic E-state index is 0.0559. The molecule has 1 aromatic carbocycles. The van der Waals surface area contributed by atoms with Crippen LogP contribution in [-0.2, 0) is 17.8 Å². The molecule has 48 heavy (non-hydrogen) atoms. The molecule has 1 saturated carbocycles. The third-order valence-corrected chi connectivity index (χ3v) is 9.66. The molecule has 2 aliphatic rings. The van der Waals surface area contributed by atoms with Gasteiger partial charge in [0.05, 0.1) is 20.8 Å². The molecule has 0 spiro atoms. The lowest BCUT2D eigenvalue weighted by molar-refractivity contribution is -0.122. The molecular weight excluding hydrogens is 630 g/mol. The molecule has 3 amide bonds. The van der Waals surface area contributed by atoms with Crippen LogP contribution in [0.3, 0.4) is 0 Å². The molecule has 10 nitrogen and oxygen atoms in total. The van der Waals surface area contributed by atoms with Crippen molar-refractivity contribution >= 4 is 39.2 Å². The second-order valence-corrected chi connectivity index (χ2v) is 13.3. The highest BCUT2D eigenvalue weighted by Gasteiger charge is 2.24. The molecule has 7 rings (SSSR count). The maximum Gasteiger partial charge on any atom is 0.319 e. The maximum atomic E-state index is 14.9. The highest BCUT2D eigenvalue weighted by molar-refractivity contribution is 7.22. The smallest absolute Gasteiger partial charge is 0.319 e. The number of nitrogens with one attached hydrogen (secondary N) is 3. The average Bonchev–Trinajstić information content (AvgIpc) is 3.80. The predicted octanol–water partition coefficient (Wildman–Crippen LogP) is 6.68. The van der Waals surface area contributed by atoms with E-state index in [1.165, 1.54) is 23.5 Å². The van der Waals surface area contributed by atoms with Crippen LogP contribution in [0.1, 0.15) is 43.2 Å². The Bertz CT molecular complexity index is 1890. The number of benzene rings is 1. The molecule has 5 heterocycles. The Hall–Kier alpha value is -4.94. The minimum Gasteiger partial charge on any atom is -0.453 e. The third-order valence-electron chi connectivity index (χ3n) is 8.50. The van der Waals surface area contributed by atoms with Crippen molar-refractivity contribution in [1.82, 2.24) is 30.5 Å². The van der Waals surface area contributed by atoms with Crippen molar-refractivity contribution in [2.24, 2.45) is 0 Å². The van der Waals surface area contributed by atoms with Crippen LogP contribution in [0, 0.1) is 5.82 Å². The summed E-state index contributed by atoms with van der Waals surface area (Å²) in [6.45, 7) is 2.62. The second-order valence-electron chi connectivity index (χ2n) is 12.3. The summed E-state index contributed by atoms with van der Waals surface area (Å²) in [6.07, 6.45) is 12.1. The largest absolute Gasteiger partial charge is 0.453 e. The number of halogens is 1. The lowest BCUT2D eigenvalue weighted by atomic mass is 10.0. The van der Waals surface area contributed by atoms with Gasteiger partial charge in [-0.25, -0.2) is 9.18 Å². The molecule has 4 aromatic heterocycles. The number of anilines is 1. The summed E-state index contributed by atoms with van der Waals surface area (Å²) in [6, 6.07) is 16.1. The summed E-state index contributed by atoms with van der Waals surface area (Å²) < 4.78 is 21.7. The number of rotatable bonds is 11. The maximum absolute atomic E-state index is 14.9. The van der Waals surface area contributed by atoms with Gasteiger partial charge in [-0.2, -0.15) is 0 Å². The van der Waals surface area contributed by atoms with E-state index in [2.05, 4.69) is 36.9 Å². The van der Waals surface area contributed by atoms with Crippen LogP contribution >= 0.6 is 11.3 Å². The van der Waals surface area contributed by atoms with Crippen molar-refractivity contribution < 1.29 is 18.7 Å². The van der Waals surface area contributed by atoms with E-state index in [1.807, 2.05) is 36.7 Å². The van der Waals surface area contributed by atoms with Crippen molar-refractivity contribution in [2.75, 3.05) is 18.4 Å². The number of pyridine rings is 3. The molecule has 0 unspecified atom stereocenters. The minimum atomic E-state index is -0.580. The molecular formula is C36H36FN7O3S. The first-order valence-corrected chi connectivity index (χ1v) is 17.1. The standard InChI is InChI=1S/C36H36FN7O3S/c37-28-18-27(43-36(46)42-25-5-6-25)7-9-31(28)47-32-11-15-39-30-19-33(48-35(30)32)29-8-3-24(21-40-29)22-44-16-12-26(13-17-44)41-34(45)10-4-23-2-1-14-38-20-23/h1-3,7-9,11,14-15,18-21,25-26H,4-6,10,12-13,16-17,22H2,(H,41,45)(H2,42,43,46). The summed E-state index contributed by atoms with van der Waals surface area (Å²) in [7, 11) is 0. The normalized spacial score (nSPS) is 15.3. The second kappa shape index (κ2) is 14.4. The number of hydrogen-bond acceptors (Lipinski definition) is 8. The van der Waals surface area contributed by atoms with E-state index in [1.54, 1.807) is 24.5 Å². The Morgan fingerprint density at radius 1 is 0.896 bits per heavy atom. The molecule has 3 N–H and O–H groups in total. The Balaban J connectivity index is 0.921. The fourth-order valence-electron chi connectivity index (χ4n) is 5.74. The van der Waals surface area contributed by atoms with Crippen molar-refractivity contribution in [1.29, 1.82) is 0 Å². The van der Waals surface area contributed by atoms with Crippen molar-refractivity contribution in [2.45, 2.75) is 57.2 Å². The van der Waals surface area contributed by atoms with Crippen molar-refractivity contribution in [3.05, 3.63) is 96.3 Å². The van der Waals surface area contributed by atoms with Gasteiger partial charge in [0.15, 0.2) is 11.6 Å². The number of amides is 3. The van der Waals surface area contributed by atoms with Gasteiger partial charge < -0.3 is 20.7 Å². The summed E-state index contributed by atoms with van der Waals surface area (Å²) in [4.78, 5) is 41.1. The molecule has 5 aromatic rings. The quantitative estimate of drug-likeness (QED) is 0.144. The lowest BCUT2D eigenvalue weighted by Crippen LogP contribution is -2.44. The van der Waals surface area contributed by atoms with Gasteiger partial charge in [-0.15, -0.1) is 11.3 Å². The Morgan fingerprint density at radius 2 is 1.75 bits per heavy atom. The van der Waals surface area contributed by atoms with Gasteiger partial charge in [0, 0.05) is 80.7 Å². The van der Waals surface area contributed by atoms with E-state index in [0.717, 1.165) is 77.2 Å².